The van der Waals surface area contributed by atoms with Crippen LogP contribution in [0.1, 0.15) is 44.9 Å². The van der Waals surface area contributed by atoms with E-state index >= 15 is 0 Å². The highest BCUT2D eigenvalue weighted by Crippen LogP contribution is 2.29. The van der Waals surface area contributed by atoms with Crippen molar-refractivity contribution >= 4 is 12.0 Å². The molecule has 2 aromatic rings. The van der Waals surface area contributed by atoms with Crippen LogP contribution in [0.15, 0.2) is 65.9 Å². The van der Waals surface area contributed by atoms with Crippen LogP contribution >= 0.6 is 0 Å². The van der Waals surface area contributed by atoms with E-state index in [9.17, 15) is 9.59 Å². The van der Waals surface area contributed by atoms with Crippen molar-refractivity contribution in [2.75, 3.05) is 0 Å². The molecule has 0 fully saturated rings. The van der Waals surface area contributed by atoms with Gasteiger partial charge in [-0.2, -0.15) is 0 Å². The molecule has 0 bridgehead atoms. The molecule has 2 amide bonds. The number of urea groups is 1. The summed E-state index contributed by atoms with van der Waals surface area (Å²) < 4.78 is 11.3. The fraction of sp³-hybridized carbons (Fsp3) is 0.304. The van der Waals surface area contributed by atoms with E-state index in [0.29, 0.717) is 11.3 Å². The van der Waals surface area contributed by atoms with Gasteiger partial charge in [0.25, 0.3) is 0 Å². The summed E-state index contributed by atoms with van der Waals surface area (Å²) in [5.74, 6) is 0.245. The Bertz CT molecular complexity index is 912. The van der Waals surface area contributed by atoms with E-state index < -0.39 is 12.0 Å². The van der Waals surface area contributed by atoms with Gasteiger partial charge >= 0.3 is 12.0 Å². The second kappa shape index (κ2) is 8.39. The molecule has 2 aromatic carbocycles. The van der Waals surface area contributed by atoms with Crippen LogP contribution in [0.3, 0.4) is 0 Å². The summed E-state index contributed by atoms with van der Waals surface area (Å²) in [6, 6.07) is 15.8. The van der Waals surface area contributed by atoms with Crippen molar-refractivity contribution in [2.45, 2.75) is 45.9 Å². The lowest BCUT2D eigenvalue weighted by atomic mass is 9.95. The summed E-state index contributed by atoms with van der Waals surface area (Å²) in [5, 5.41) is 5.47. The van der Waals surface area contributed by atoms with Crippen LogP contribution in [0, 0.1) is 0 Å². The third-order valence-corrected chi connectivity index (χ3v) is 4.34. The first kappa shape index (κ1) is 20.5. The Morgan fingerprint density at radius 1 is 1.03 bits per heavy atom. The molecule has 0 saturated carbocycles. The van der Waals surface area contributed by atoms with Gasteiger partial charge in [-0.3, -0.25) is 0 Å². The predicted octanol–water partition coefficient (Wildman–Crippen LogP) is 4.24. The summed E-state index contributed by atoms with van der Waals surface area (Å²) in [6.45, 7) is 7.78. The van der Waals surface area contributed by atoms with Crippen LogP contribution < -0.4 is 15.4 Å². The van der Waals surface area contributed by atoms with Crippen LogP contribution in [0.25, 0.3) is 0 Å². The van der Waals surface area contributed by atoms with E-state index in [1.165, 1.54) is 0 Å². The fourth-order valence-electron chi connectivity index (χ4n) is 3.10. The number of nitrogens with one attached hydrogen (secondary N) is 2. The van der Waals surface area contributed by atoms with Gasteiger partial charge < -0.3 is 20.1 Å². The van der Waals surface area contributed by atoms with Crippen molar-refractivity contribution in [3.63, 3.8) is 0 Å². The zero-order chi connectivity index (χ0) is 21.0. The van der Waals surface area contributed by atoms with Gasteiger partial charge in [0.05, 0.1) is 11.6 Å². The Labute approximate surface area is 170 Å². The molecular formula is C23H26N2O4. The molecule has 0 aliphatic carbocycles. The Balaban J connectivity index is 1.81. The second-order valence-corrected chi connectivity index (χ2v) is 7.92. The summed E-state index contributed by atoms with van der Waals surface area (Å²) >= 11 is 0. The molecule has 1 atom stereocenters. The summed E-state index contributed by atoms with van der Waals surface area (Å²) in [7, 11) is 0. The number of carbonyl (C=O) groups excluding carboxylic acids is 2. The van der Waals surface area contributed by atoms with E-state index in [0.717, 1.165) is 16.9 Å². The van der Waals surface area contributed by atoms with E-state index in [-0.39, 0.29) is 18.2 Å². The van der Waals surface area contributed by atoms with Gasteiger partial charge in [-0.15, -0.1) is 0 Å². The average molecular weight is 394 g/mol. The van der Waals surface area contributed by atoms with Crippen molar-refractivity contribution in [3.05, 3.63) is 77.0 Å². The van der Waals surface area contributed by atoms with Gasteiger partial charge in [-0.05, 0) is 51.0 Å². The largest absolute Gasteiger partial charge is 0.488 e. The van der Waals surface area contributed by atoms with Gasteiger partial charge in [-0.1, -0.05) is 42.5 Å². The molecule has 0 radical (unpaired) electrons. The molecule has 152 valence electrons. The Morgan fingerprint density at radius 3 is 2.31 bits per heavy atom. The Morgan fingerprint density at radius 2 is 1.69 bits per heavy atom. The number of hydrogen-bond donors (Lipinski definition) is 2. The van der Waals surface area contributed by atoms with Gasteiger partial charge in [0, 0.05) is 5.70 Å². The van der Waals surface area contributed by atoms with Gasteiger partial charge in [0.2, 0.25) is 0 Å². The maximum atomic E-state index is 12.8. The fourth-order valence-corrected chi connectivity index (χ4v) is 3.10. The maximum absolute atomic E-state index is 12.8. The summed E-state index contributed by atoms with van der Waals surface area (Å²) in [5.41, 5.74) is 2.21. The van der Waals surface area contributed by atoms with Gasteiger partial charge in [0.1, 0.15) is 18.0 Å². The zero-order valence-corrected chi connectivity index (χ0v) is 17.1. The molecule has 1 aliphatic rings. The lowest BCUT2D eigenvalue weighted by Crippen LogP contribution is -2.45. The number of hydrogen-bond acceptors (Lipinski definition) is 4. The quantitative estimate of drug-likeness (QED) is 0.744. The lowest BCUT2D eigenvalue weighted by molar-refractivity contribution is -0.140. The highest BCUT2D eigenvalue weighted by atomic mass is 16.5. The second-order valence-electron chi connectivity index (χ2n) is 7.92. The predicted molar refractivity (Wildman–Crippen MR) is 110 cm³/mol. The highest BCUT2D eigenvalue weighted by Gasteiger charge is 2.32. The van der Waals surface area contributed by atoms with Crippen molar-refractivity contribution in [2.24, 2.45) is 0 Å². The monoisotopic (exact) mass is 394 g/mol. The number of rotatable bonds is 5. The molecular weight excluding hydrogens is 368 g/mol. The Kier molecular flexibility index (Phi) is 5.92. The minimum atomic E-state index is -0.601. The molecule has 29 heavy (non-hydrogen) atoms. The van der Waals surface area contributed by atoms with Gasteiger partial charge in [-0.25, -0.2) is 9.59 Å². The van der Waals surface area contributed by atoms with Gasteiger partial charge in [0.15, 0.2) is 0 Å². The van der Waals surface area contributed by atoms with Crippen LogP contribution in [-0.2, 0) is 16.1 Å². The lowest BCUT2D eigenvalue weighted by Gasteiger charge is -2.28. The first-order valence-corrected chi connectivity index (χ1v) is 9.51. The van der Waals surface area contributed by atoms with E-state index in [4.69, 9.17) is 9.47 Å². The number of benzene rings is 2. The van der Waals surface area contributed by atoms with Crippen LogP contribution in [0.4, 0.5) is 4.79 Å². The molecule has 6 nitrogen and oxygen atoms in total. The summed E-state index contributed by atoms with van der Waals surface area (Å²) in [6.07, 6.45) is 0. The topological polar surface area (TPSA) is 76.7 Å². The third kappa shape index (κ3) is 5.38. The zero-order valence-electron chi connectivity index (χ0n) is 17.1. The molecule has 0 aromatic heterocycles. The molecule has 1 aliphatic heterocycles. The Hall–Kier alpha value is -3.28. The van der Waals surface area contributed by atoms with Crippen molar-refractivity contribution in [3.8, 4) is 5.75 Å². The average Bonchev–Trinajstić information content (AvgIpc) is 2.66. The molecule has 3 rings (SSSR count). The highest BCUT2D eigenvalue weighted by molar-refractivity contribution is 5.95. The minimum absolute atomic E-state index is 0.162. The number of allylic oxidation sites excluding steroid dienone is 1. The molecule has 0 spiro atoms. The number of amides is 2. The number of carbonyl (C=O) groups is 2. The summed E-state index contributed by atoms with van der Waals surface area (Å²) in [4.78, 5) is 24.9. The number of esters is 1. The molecule has 6 heteroatoms. The first-order chi connectivity index (χ1) is 13.7. The normalized spacial score (nSPS) is 16.7. The smallest absolute Gasteiger partial charge is 0.338 e. The van der Waals surface area contributed by atoms with Crippen molar-refractivity contribution in [1.82, 2.24) is 10.6 Å². The van der Waals surface area contributed by atoms with E-state index in [1.54, 1.807) is 6.92 Å². The minimum Gasteiger partial charge on any atom is -0.488 e. The van der Waals surface area contributed by atoms with Crippen molar-refractivity contribution in [1.29, 1.82) is 0 Å². The van der Waals surface area contributed by atoms with E-state index in [2.05, 4.69) is 10.6 Å². The number of ether oxygens (including phenoxy) is 2. The SMILES string of the molecule is CC1=C(C(=O)OCc2ccccc2)C(c2ccc(OC(C)(C)C)cc2)NC(=O)N1. The maximum Gasteiger partial charge on any atom is 0.338 e. The molecule has 1 heterocycles. The van der Waals surface area contributed by atoms with Crippen LogP contribution in [0.2, 0.25) is 0 Å². The van der Waals surface area contributed by atoms with E-state index in [1.807, 2.05) is 75.4 Å². The molecule has 0 saturated heterocycles. The van der Waals surface area contributed by atoms with Crippen molar-refractivity contribution < 1.29 is 19.1 Å². The third-order valence-electron chi connectivity index (χ3n) is 4.34. The molecule has 1 unspecified atom stereocenters. The molecule has 2 N–H and O–H groups in total. The van der Waals surface area contributed by atoms with Crippen LogP contribution in [0.5, 0.6) is 5.75 Å². The van der Waals surface area contributed by atoms with Crippen LogP contribution in [-0.4, -0.2) is 17.6 Å². The standard InChI is InChI=1S/C23H26N2O4/c1-15-19(21(26)28-14-16-8-6-5-7-9-16)20(25-22(27)24-15)17-10-12-18(13-11-17)29-23(2,3)4/h5-13,20H,14H2,1-4H3,(H2,24,25,27). The first-order valence-electron chi connectivity index (χ1n) is 9.51.